The molecule has 0 atom stereocenters. The van der Waals surface area contributed by atoms with Crippen molar-refractivity contribution in [1.29, 1.82) is 0 Å². The molecule has 0 spiro atoms. The number of halogens is 1. The van der Waals surface area contributed by atoms with Crippen molar-refractivity contribution in [2.75, 3.05) is 11.9 Å². The van der Waals surface area contributed by atoms with E-state index >= 15 is 0 Å². The lowest BCUT2D eigenvalue weighted by Crippen LogP contribution is -2.19. The highest BCUT2D eigenvalue weighted by Crippen LogP contribution is 2.44. The summed E-state index contributed by atoms with van der Waals surface area (Å²) in [4.78, 5) is 27.4. The first-order valence-corrected chi connectivity index (χ1v) is 8.93. The molecule has 140 valence electrons. The molecule has 0 unspecified atom stereocenters. The van der Waals surface area contributed by atoms with E-state index in [0.29, 0.717) is 0 Å². The molecule has 2 aromatic carbocycles. The second-order valence-electron chi connectivity index (χ2n) is 6.31. The van der Waals surface area contributed by atoms with Crippen LogP contribution in [0.5, 0.6) is 0 Å². The standard InChI is InChI=1S/C21H15ClN2O4/c22-19-9-16(20(25)26)18(10-23-19)24-21(27)28-11-17-14-7-3-1-5-12(14)13-6-2-4-8-15(13)17/h1-10,17H,11H2,(H,24,27)(H,25,26). The van der Waals surface area contributed by atoms with Crippen molar-refractivity contribution in [1.82, 2.24) is 4.98 Å². The highest BCUT2D eigenvalue weighted by atomic mass is 35.5. The number of hydrogen-bond acceptors (Lipinski definition) is 4. The van der Waals surface area contributed by atoms with Crippen LogP contribution in [-0.4, -0.2) is 28.8 Å². The van der Waals surface area contributed by atoms with E-state index in [0.717, 1.165) is 22.3 Å². The molecule has 1 heterocycles. The van der Waals surface area contributed by atoms with Gasteiger partial charge in [0.25, 0.3) is 0 Å². The maximum absolute atomic E-state index is 12.3. The molecule has 7 heteroatoms. The Bertz CT molecular complexity index is 1040. The van der Waals surface area contributed by atoms with Gasteiger partial charge in [0.2, 0.25) is 0 Å². The van der Waals surface area contributed by atoms with Gasteiger partial charge in [-0.2, -0.15) is 0 Å². The molecule has 0 saturated carbocycles. The molecule has 1 amide bonds. The lowest BCUT2D eigenvalue weighted by Gasteiger charge is -2.15. The number of rotatable bonds is 4. The van der Waals surface area contributed by atoms with Gasteiger partial charge in [0.15, 0.2) is 0 Å². The van der Waals surface area contributed by atoms with Gasteiger partial charge in [-0.3, -0.25) is 5.32 Å². The summed E-state index contributed by atoms with van der Waals surface area (Å²) in [7, 11) is 0. The highest BCUT2D eigenvalue weighted by molar-refractivity contribution is 6.29. The van der Waals surface area contributed by atoms with Gasteiger partial charge in [0, 0.05) is 5.92 Å². The molecule has 4 rings (SSSR count). The molecule has 0 aliphatic heterocycles. The van der Waals surface area contributed by atoms with Crippen LogP contribution < -0.4 is 5.32 Å². The minimum Gasteiger partial charge on any atom is -0.478 e. The second-order valence-corrected chi connectivity index (χ2v) is 6.70. The largest absolute Gasteiger partial charge is 0.478 e. The SMILES string of the molecule is O=C(Nc1cnc(Cl)cc1C(=O)O)OCC1c2ccccc2-c2ccccc21. The number of hydrogen-bond donors (Lipinski definition) is 2. The number of carbonyl (C=O) groups is 2. The van der Waals surface area contributed by atoms with Crippen molar-refractivity contribution in [3.05, 3.63) is 82.6 Å². The van der Waals surface area contributed by atoms with E-state index in [1.165, 1.54) is 12.3 Å². The molecule has 1 aliphatic rings. The van der Waals surface area contributed by atoms with Crippen LogP contribution >= 0.6 is 11.6 Å². The Kier molecular flexibility index (Phi) is 4.71. The van der Waals surface area contributed by atoms with E-state index in [4.69, 9.17) is 16.3 Å². The van der Waals surface area contributed by atoms with E-state index in [9.17, 15) is 14.7 Å². The first kappa shape index (κ1) is 18.0. The predicted molar refractivity (Wildman–Crippen MR) is 105 cm³/mol. The Labute approximate surface area is 165 Å². The third kappa shape index (κ3) is 3.30. The zero-order chi connectivity index (χ0) is 19.7. The average Bonchev–Trinajstić information content (AvgIpc) is 3.01. The fourth-order valence-electron chi connectivity index (χ4n) is 3.45. The number of anilines is 1. The lowest BCUT2D eigenvalue weighted by atomic mass is 9.98. The first-order valence-electron chi connectivity index (χ1n) is 8.55. The van der Waals surface area contributed by atoms with E-state index in [1.807, 2.05) is 48.5 Å². The summed E-state index contributed by atoms with van der Waals surface area (Å²) in [6.07, 6.45) is 0.432. The number of amides is 1. The Morgan fingerprint density at radius 2 is 1.68 bits per heavy atom. The van der Waals surface area contributed by atoms with Gasteiger partial charge in [0.05, 0.1) is 17.4 Å². The number of carbonyl (C=O) groups excluding carboxylic acids is 1. The van der Waals surface area contributed by atoms with Crippen molar-refractivity contribution in [3.8, 4) is 11.1 Å². The molecule has 2 N–H and O–H groups in total. The van der Waals surface area contributed by atoms with Crippen molar-refractivity contribution in [2.45, 2.75) is 5.92 Å². The van der Waals surface area contributed by atoms with Gasteiger partial charge in [0.1, 0.15) is 11.8 Å². The van der Waals surface area contributed by atoms with Crippen molar-refractivity contribution >= 4 is 29.4 Å². The number of carboxylic acids is 1. The van der Waals surface area contributed by atoms with Gasteiger partial charge in [-0.1, -0.05) is 60.1 Å². The monoisotopic (exact) mass is 394 g/mol. The summed E-state index contributed by atoms with van der Waals surface area (Å²) in [6, 6.07) is 17.2. The van der Waals surface area contributed by atoms with Gasteiger partial charge in [-0.15, -0.1) is 0 Å². The van der Waals surface area contributed by atoms with Gasteiger partial charge in [-0.05, 0) is 28.3 Å². The van der Waals surface area contributed by atoms with E-state index in [2.05, 4.69) is 10.3 Å². The molecular weight excluding hydrogens is 380 g/mol. The van der Waals surface area contributed by atoms with Gasteiger partial charge >= 0.3 is 12.1 Å². The quantitative estimate of drug-likeness (QED) is 0.621. The molecule has 0 fully saturated rings. The topological polar surface area (TPSA) is 88.5 Å². The summed E-state index contributed by atoms with van der Waals surface area (Å²) in [6.45, 7) is 0.128. The molecule has 0 radical (unpaired) electrons. The van der Waals surface area contributed by atoms with Crippen LogP contribution in [0.2, 0.25) is 5.15 Å². The number of fused-ring (bicyclic) bond motifs is 3. The number of nitrogens with zero attached hydrogens (tertiary/aromatic N) is 1. The fourth-order valence-corrected chi connectivity index (χ4v) is 3.61. The molecule has 0 bridgehead atoms. The minimum absolute atomic E-state index is 0.0223. The highest BCUT2D eigenvalue weighted by Gasteiger charge is 2.29. The van der Waals surface area contributed by atoms with Crippen LogP contribution in [0.4, 0.5) is 10.5 Å². The maximum Gasteiger partial charge on any atom is 0.411 e. The number of aromatic carboxylic acids is 1. The van der Waals surface area contributed by atoms with Crippen LogP contribution in [0.15, 0.2) is 60.8 Å². The smallest absolute Gasteiger partial charge is 0.411 e. The van der Waals surface area contributed by atoms with Crippen LogP contribution in [0.3, 0.4) is 0 Å². The number of nitrogens with one attached hydrogen (secondary N) is 1. The number of benzene rings is 2. The summed E-state index contributed by atoms with van der Waals surface area (Å²) < 4.78 is 5.40. The molecule has 1 aliphatic carbocycles. The number of pyridine rings is 1. The maximum atomic E-state index is 12.3. The Morgan fingerprint density at radius 1 is 1.07 bits per heavy atom. The van der Waals surface area contributed by atoms with Crippen LogP contribution in [-0.2, 0) is 4.74 Å². The van der Waals surface area contributed by atoms with Gasteiger partial charge < -0.3 is 9.84 Å². The summed E-state index contributed by atoms with van der Waals surface area (Å²) >= 11 is 5.72. The molecule has 1 aromatic heterocycles. The van der Waals surface area contributed by atoms with Crippen molar-refractivity contribution < 1.29 is 19.4 Å². The summed E-state index contributed by atoms with van der Waals surface area (Å²) in [5.74, 6) is -1.31. The summed E-state index contributed by atoms with van der Waals surface area (Å²) in [5.41, 5.74) is 4.30. The minimum atomic E-state index is -1.22. The van der Waals surface area contributed by atoms with Crippen LogP contribution in [0.25, 0.3) is 11.1 Å². The number of ether oxygens (including phenoxy) is 1. The van der Waals surface area contributed by atoms with Crippen LogP contribution in [0, 0.1) is 0 Å². The van der Waals surface area contributed by atoms with Crippen molar-refractivity contribution in [3.63, 3.8) is 0 Å². The Hall–Kier alpha value is -3.38. The molecule has 28 heavy (non-hydrogen) atoms. The molecule has 6 nitrogen and oxygen atoms in total. The fraction of sp³-hybridized carbons (Fsp3) is 0.0952. The average molecular weight is 395 g/mol. The molecule has 3 aromatic rings. The second kappa shape index (κ2) is 7.32. The summed E-state index contributed by atoms with van der Waals surface area (Å²) in [5, 5.41) is 11.7. The van der Waals surface area contributed by atoms with E-state index in [-0.39, 0.29) is 28.9 Å². The third-order valence-corrected chi connectivity index (χ3v) is 4.89. The van der Waals surface area contributed by atoms with Crippen molar-refractivity contribution in [2.24, 2.45) is 0 Å². The van der Waals surface area contributed by atoms with Crippen LogP contribution in [0.1, 0.15) is 27.4 Å². The predicted octanol–water partition coefficient (Wildman–Crippen LogP) is 4.79. The zero-order valence-electron chi connectivity index (χ0n) is 14.6. The molecular formula is C21H15ClN2O4. The number of carboxylic acid groups (broad SMARTS) is 1. The van der Waals surface area contributed by atoms with E-state index in [1.54, 1.807) is 0 Å². The zero-order valence-corrected chi connectivity index (χ0v) is 15.3. The Balaban J connectivity index is 1.51. The van der Waals surface area contributed by atoms with E-state index < -0.39 is 12.1 Å². The lowest BCUT2D eigenvalue weighted by molar-refractivity contribution is 0.0698. The number of aromatic nitrogens is 1. The Morgan fingerprint density at radius 3 is 2.29 bits per heavy atom. The first-order chi connectivity index (χ1) is 13.5. The normalized spacial score (nSPS) is 12.2. The third-order valence-electron chi connectivity index (χ3n) is 4.68. The van der Waals surface area contributed by atoms with Gasteiger partial charge in [-0.25, -0.2) is 14.6 Å². The molecule has 0 saturated heterocycles.